The molecule has 1 rings (SSSR count). The summed E-state index contributed by atoms with van der Waals surface area (Å²) in [5.74, 6) is 0.632. The van der Waals surface area contributed by atoms with E-state index in [1.54, 1.807) is 0 Å². The average molecular weight is 135 g/mol. The molecule has 1 unspecified atom stereocenters. The van der Waals surface area contributed by atoms with Crippen LogP contribution in [0.25, 0.3) is 0 Å². The van der Waals surface area contributed by atoms with Gasteiger partial charge >= 0.3 is 0 Å². The smallest absolute Gasteiger partial charge is 0.0790 e. The predicted molar refractivity (Wildman–Crippen MR) is 34.3 cm³/mol. The van der Waals surface area contributed by atoms with E-state index in [1.807, 2.05) is 0 Å². The van der Waals surface area contributed by atoms with Crippen LogP contribution in [-0.2, 0) is 4.74 Å². The fourth-order valence-corrected chi connectivity index (χ4v) is 1.15. The van der Waals surface area contributed by atoms with Gasteiger partial charge in [0.05, 0.1) is 11.5 Å². The molecule has 0 aromatic heterocycles. The van der Waals surface area contributed by atoms with Gasteiger partial charge in [0, 0.05) is 6.61 Å². The Labute approximate surface area is 55.0 Å². The van der Waals surface area contributed by atoms with Crippen LogP contribution in [0.1, 0.15) is 19.8 Å². The second-order valence-corrected chi connectivity index (χ2v) is 2.80. The first-order chi connectivity index (χ1) is 3.77. The van der Waals surface area contributed by atoms with Crippen LogP contribution in [-0.4, -0.2) is 18.1 Å². The number of rotatable bonds is 1. The second-order valence-electron chi connectivity index (χ2n) is 2.54. The molecule has 1 saturated heterocycles. The summed E-state index contributed by atoms with van der Waals surface area (Å²) in [4.78, 5) is 0. The topological polar surface area (TPSA) is 9.23 Å². The summed E-state index contributed by atoms with van der Waals surface area (Å²) in [6.07, 6.45) is 2.29. The van der Waals surface area contributed by atoms with E-state index in [1.165, 1.54) is 6.42 Å². The van der Waals surface area contributed by atoms with Crippen molar-refractivity contribution in [2.24, 2.45) is 0 Å². The van der Waals surface area contributed by atoms with E-state index < -0.39 is 0 Å². The van der Waals surface area contributed by atoms with Crippen molar-refractivity contribution in [2.75, 3.05) is 12.5 Å². The fraction of sp³-hybridized carbons (Fsp3) is 1.00. The molecule has 0 N–H and O–H groups in total. The molecular formula is C6H11ClO. The molecule has 0 aromatic carbocycles. The van der Waals surface area contributed by atoms with Crippen molar-refractivity contribution in [1.82, 2.24) is 0 Å². The Morgan fingerprint density at radius 2 is 2.50 bits per heavy atom. The molecule has 1 aliphatic rings. The molecule has 0 saturated carbocycles. The van der Waals surface area contributed by atoms with Gasteiger partial charge < -0.3 is 4.74 Å². The zero-order valence-corrected chi connectivity index (χ0v) is 5.87. The lowest BCUT2D eigenvalue weighted by Gasteiger charge is -2.18. The quantitative estimate of drug-likeness (QED) is 0.497. The van der Waals surface area contributed by atoms with E-state index in [4.69, 9.17) is 16.3 Å². The number of ether oxygens (including phenoxy) is 1. The molecule has 1 fully saturated rings. The van der Waals surface area contributed by atoms with Crippen LogP contribution >= 0.6 is 11.6 Å². The maximum Gasteiger partial charge on any atom is 0.0790 e. The highest BCUT2D eigenvalue weighted by Crippen LogP contribution is 2.25. The molecule has 1 nitrogen and oxygen atoms in total. The number of alkyl halides is 1. The first-order valence-corrected chi connectivity index (χ1v) is 3.50. The average Bonchev–Trinajstić information content (AvgIpc) is 2.17. The molecule has 1 heterocycles. The molecule has 1 aliphatic heterocycles. The van der Waals surface area contributed by atoms with Crippen LogP contribution in [0.15, 0.2) is 0 Å². The number of hydrogen-bond donors (Lipinski definition) is 0. The van der Waals surface area contributed by atoms with Crippen molar-refractivity contribution in [1.29, 1.82) is 0 Å². The van der Waals surface area contributed by atoms with E-state index in [2.05, 4.69) is 6.92 Å². The number of hydrogen-bond acceptors (Lipinski definition) is 1. The van der Waals surface area contributed by atoms with Crippen LogP contribution in [0.2, 0.25) is 0 Å². The van der Waals surface area contributed by atoms with Gasteiger partial charge in [0.2, 0.25) is 0 Å². The summed E-state index contributed by atoms with van der Waals surface area (Å²) < 4.78 is 5.36. The van der Waals surface area contributed by atoms with Gasteiger partial charge in [0.15, 0.2) is 0 Å². The molecule has 0 aliphatic carbocycles. The summed E-state index contributed by atoms with van der Waals surface area (Å²) in [6, 6.07) is 0. The van der Waals surface area contributed by atoms with Crippen LogP contribution in [0.5, 0.6) is 0 Å². The Bertz CT molecular complexity index is 76.6. The van der Waals surface area contributed by atoms with Crippen molar-refractivity contribution in [3.05, 3.63) is 0 Å². The van der Waals surface area contributed by atoms with Crippen molar-refractivity contribution in [3.63, 3.8) is 0 Å². The second kappa shape index (κ2) is 2.24. The van der Waals surface area contributed by atoms with Crippen molar-refractivity contribution in [2.45, 2.75) is 25.4 Å². The summed E-state index contributed by atoms with van der Waals surface area (Å²) >= 11 is 5.62. The Morgan fingerprint density at radius 1 is 1.75 bits per heavy atom. The lowest BCUT2D eigenvalue weighted by atomic mass is 10.1. The van der Waals surface area contributed by atoms with E-state index >= 15 is 0 Å². The van der Waals surface area contributed by atoms with Crippen LogP contribution in [0.3, 0.4) is 0 Å². The van der Waals surface area contributed by atoms with Crippen LogP contribution in [0.4, 0.5) is 0 Å². The SMILES string of the molecule is CC1(CCl)CCCO1. The Hall–Kier alpha value is 0.250. The van der Waals surface area contributed by atoms with Crippen LogP contribution < -0.4 is 0 Å². The third kappa shape index (κ3) is 1.15. The van der Waals surface area contributed by atoms with Gasteiger partial charge in [-0.05, 0) is 19.8 Å². The largest absolute Gasteiger partial charge is 0.374 e. The molecule has 0 aromatic rings. The van der Waals surface area contributed by atoms with Gasteiger partial charge in [0.1, 0.15) is 0 Å². The van der Waals surface area contributed by atoms with Crippen molar-refractivity contribution < 1.29 is 4.74 Å². The molecule has 0 radical (unpaired) electrons. The Kier molecular flexibility index (Phi) is 1.78. The minimum Gasteiger partial charge on any atom is -0.374 e. The van der Waals surface area contributed by atoms with E-state index in [0.717, 1.165) is 13.0 Å². The minimum absolute atomic E-state index is 0.00154. The third-order valence-electron chi connectivity index (χ3n) is 1.58. The Morgan fingerprint density at radius 3 is 2.75 bits per heavy atom. The standard InChI is InChI=1S/C6H11ClO/c1-6(5-7)3-2-4-8-6/h2-5H2,1H3. The fourth-order valence-electron chi connectivity index (χ4n) is 0.942. The van der Waals surface area contributed by atoms with Gasteiger partial charge in [-0.15, -0.1) is 11.6 Å². The normalized spacial score (nSPS) is 38.2. The molecular weight excluding hydrogens is 124 g/mol. The van der Waals surface area contributed by atoms with Gasteiger partial charge in [-0.1, -0.05) is 0 Å². The highest BCUT2D eigenvalue weighted by Gasteiger charge is 2.27. The Balaban J connectivity index is 2.40. The molecule has 2 heteroatoms. The van der Waals surface area contributed by atoms with Crippen molar-refractivity contribution >= 4 is 11.6 Å². The zero-order valence-electron chi connectivity index (χ0n) is 5.11. The summed E-state index contributed by atoms with van der Waals surface area (Å²) in [6.45, 7) is 2.95. The van der Waals surface area contributed by atoms with E-state index in [0.29, 0.717) is 5.88 Å². The maximum absolute atomic E-state index is 5.62. The lowest BCUT2D eigenvalue weighted by molar-refractivity contribution is 0.0396. The predicted octanol–water partition coefficient (Wildman–Crippen LogP) is 1.79. The van der Waals surface area contributed by atoms with Crippen molar-refractivity contribution in [3.8, 4) is 0 Å². The molecule has 1 atom stereocenters. The lowest BCUT2D eigenvalue weighted by Crippen LogP contribution is -2.24. The molecule has 0 spiro atoms. The van der Waals surface area contributed by atoms with Gasteiger partial charge in [0.25, 0.3) is 0 Å². The highest BCUT2D eigenvalue weighted by molar-refractivity contribution is 6.18. The summed E-state index contributed by atoms with van der Waals surface area (Å²) in [5, 5.41) is 0. The monoisotopic (exact) mass is 134 g/mol. The first-order valence-electron chi connectivity index (χ1n) is 2.97. The van der Waals surface area contributed by atoms with Crippen LogP contribution in [0, 0.1) is 0 Å². The third-order valence-corrected chi connectivity index (χ3v) is 2.15. The first kappa shape index (κ1) is 6.37. The molecule has 0 bridgehead atoms. The van der Waals surface area contributed by atoms with Gasteiger partial charge in [-0.25, -0.2) is 0 Å². The molecule has 0 amide bonds. The minimum atomic E-state index is 0.00154. The zero-order chi connectivity index (χ0) is 6.04. The molecule has 48 valence electrons. The molecule has 8 heavy (non-hydrogen) atoms. The van der Waals surface area contributed by atoms with Gasteiger partial charge in [-0.3, -0.25) is 0 Å². The summed E-state index contributed by atoms with van der Waals surface area (Å²) in [7, 11) is 0. The van der Waals surface area contributed by atoms with E-state index in [-0.39, 0.29) is 5.60 Å². The summed E-state index contributed by atoms with van der Waals surface area (Å²) in [5.41, 5.74) is 0.00154. The number of halogens is 1. The maximum atomic E-state index is 5.62. The van der Waals surface area contributed by atoms with E-state index in [9.17, 15) is 0 Å². The van der Waals surface area contributed by atoms with Gasteiger partial charge in [-0.2, -0.15) is 0 Å². The highest BCUT2D eigenvalue weighted by atomic mass is 35.5.